The monoisotopic (exact) mass is 439 g/mol. The molecule has 0 bridgehead atoms. The molecule has 0 spiro atoms. The fraction of sp³-hybridized carbons (Fsp3) is 0.423. The standard InChI is InChI=1S/C22H25N3O3.2C2H6/c1-21(2,15-22(3,4)25-14-19(20(26)27)23-24-25)16-9-8-12-18(13-16)28-17-10-6-5-7-11-17;2*1-2/h5-14H,15H2,1-4H3,(H,26,27);2*1-2H3. The van der Waals surface area contributed by atoms with Crippen LogP contribution in [0.25, 0.3) is 0 Å². The molecule has 1 heterocycles. The molecule has 0 amide bonds. The Labute approximate surface area is 192 Å². The first-order valence-electron chi connectivity index (χ1n) is 11.2. The summed E-state index contributed by atoms with van der Waals surface area (Å²) in [7, 11) is 0. The lowest BCUT2D eigenvalue weighted by atomic mass is 9.75. The molecule has 0 unspecified atom stereocenters. The van der Waals surface area contributed by atoms with Crippen LogP contribution in [-0.4, -0.2) is 26.1 Å². The Morgan fingerprint density at radius 1 is 0.938 bits per heavy atom. The molecule has 174 valence electrons. The van der Waals surface area contributed by atoms with Gasteiger partial charge in [-0.25, -0.2) is 9.48 Å². The average Bonchev–Trinajstić information content (AvgIpc) is 3.29. The summed E-state index contributed by atoms with van der Waals surface area (Å²) in [4.78, 5) is 11.1. The Morgan fingerprint density at radius 2 is 1.53 bits per heavy atom. The van der Waals surface area contributed by atoms with Crippen molar-refractivity contribution < 1.29 is 14.6 Å². The summed E-state index contributed by atoms with van der Waals surface area (Å²) in [5.41, 5.74) is 0.465. The van der Waals surface area contributed by atoms with Crippen LogP contribution in [0.2, 0.25) is 0 Å². The number of aromatic carboxylic acids is 1. The number of carboxylic acids is 1. The molecule has 0 saturated carbocycles. The largest absolute Gasteiger partial charge is 0.476 e. The van der Waals surface area contributed by atoms with E-state index < -0.39 is 11.5 Å². The van der Waals surface area contributed by atoms with E-state index in [9.17, 15) is 4.79 Å². The van der Waals surface area contributed by atoms with Gasteiger partial charge in [-0.3, -0.25) is 0 Å². The van der Waals surface area contributed by atoms with Gasteiger partial charge in [0.25, 0.3) is 0 Å². The van der Waals surface area contributed by atoms with E-state index in [1.165, 1.54) is 6.20 Å². The molecule has 0 radical (unpaired) electrons. The van der Waals surface area contributed by atoms with Crippen molar-refractivity contribution in [1.82, 2.24) is 15.0 Å². The minimum atomic E-state index is -1.08. The van der Waals surface area contributed by atoms with Gasteiger partial charge in [0, 0.05) is 0 Å². The van der Waals surface area contributed by atoms with Crippen LogP contribution in [0, 0.1) is 0 Å². The minimum absolute atomic E-state index is 0.0517. The van der Waals surface area contributed by atoms with Crippen LogP contribution in [0.5, 0.6) is 11.5 Å². The molecule has 32 heavy (non-hydrogen) atoms. The molecule has 6 heteroatoms. The van der Waals surface area contributed by atoms with Crippen molar-refractivity contribution in [3.8, 4) is 11.5 Å². The molecule has 0 aliphatic carbocycles. The van der Waals surface area contributed by atoms with Crippen molar-refractivity contribution >= 4 is 5.97 Å². The summed E-state index contributed by atoms with van der Waals surface area (Å²) in [6.45, 7) is 16.4. The predicted molar refractivity (Wildman–Crippen MR) is 130 cm³/mol. The second kappa shape index (κ2) is 12.0. The number of aromatic nitrogens is 3. The highest BCUT2D eigenvalue weighted by Crippen LogP contribution is 2.37. The third kappa shape index (κ3) is 7.22. The number of ether oxygens (including phenoxy) is 1. The fourth-order valence-electron chi connectivity index (χ4n) is 3.53. The Hall–Kier alpha value is -3.15. The van der Waals surface area contributed by atoms with Crippen LogP contribution in [0.15, 0.2) is 60.8 Å². The van der Waals surface area contributed by atoms with Gasteiger partial charge in [0.05, 0.1) is 11.7 Å². The topological polar surface area (TPSA) is 77.2 Å². The fourth-order valence-corrected chi connectivity index (χ4v) is 3.53. The number of hydrogen-bond donors (Lipinski definition) is 1. The van der Waals surface area contributed by atoms with Gasteiger partial charge in [-0.2, -0.15) is 0 Å². The van der Waals surface area contributed by atoms with Gasteiger partial charge in [0.2, 0.25) is 0 Å². The van der Waals surface area contributed by atoms with Gasteiger partial charge >= 0.3 is 5.97 Å². The lowest BCUT2D eigenvalue weighted by Crippen LogP contribution is -2.35. The summed E-state index contributed by atoms with van der Waals surface area (Å²) in [5, 5.41) is 16.9. The minimum Gasteiger partial charge on any atom is -0.476 e. The molecular formula is C26H37N3O3. The maximum atomic E-state index is 11.1. The number of benzene rings is 2. The van der Waals surface area contributed by atoms with E-state index in [1.54, 1.807) is 4.68 Å². The van der Waals surface area contributed by atoms with Gasteiger partial charge in [-0.05, 0) is 55.5 Å². The van der Waals surface area contributed by atoms with Crippen LogP contribution in [0.3, 0.4) is 0 Å². The zero-order valence-corrected chi connectivity index (χ0v) is 20.6. The summed E-state index contributed by atoms with van der Waals surface area (Å²) >= 11 is 0. The molecule has 1 N–H and O–H groups in total. The molecule has 0 fully saturated rings. The second-order valence-corrected chi connectivity index (χ2v) is 8.17. The smallest absolute Gasteiger partial charge is 0.358 e. The molecular weight excluding hydrogens is 402 g/mol. The molecule has 2 aromatic carbocycles. The molecule has 0 aliphatic heterocycles. The highest BCUT2D eigenvalue weighted by molar-refractivity contribution is 5.84. The molecule has 6 nitrogen and oxygen atoms in total. The third-order valence-corrected chi connectivity index (χ3v) is 4.80. The zero-order chi connectivity index (χ0) is 24.4. The Morgan fingerprint density at radius 3 is 2.09 bits per heavy atom. The summed E-state index contributed by atoms with van der Waals surface area (Å²) in [6, 6.07) is 17.7. The van der Waals surface area contributed by atoms with Gasteiger partial charge < -0.3 is 9.84 Å². The highest BCUT2D eigenvalue weighted by Gasteiger charge is 2.33. The van der Waals surface area contributed by atoms with E-state index in [0.717, 1.165) is 23.5 Å². The third-order valence-electron chi connectivity index (χ3n) is 4.80. The Balaban J connectivity index is 0.00000121. The number of carbonyl (C=O) groups is 1. The number of nitrogens with zero attached hydrogens (tertiary/aromatic N) is 3. The number of hydrogen-bond acceptors (Lipinski definition) is 4. The van der Waals surface area contributed by atoms with Crippen molar-refractivity contribution in [2.45, 2.75) is 72.8 Å². The first kappa shape index (κ1) is 26.9. The number of carboxylic acid groups (broad SMARTS) is 1. The Bertz CT molecular complexity index is 963. The number of para-hydroxylation sites is 1. The van der Waals surface area contributed by atoms with Gasteiger partial charge in [0.15, 0.2) is 5.69 Å². The second-order valence-electron chi connectivity index (χ2n) is 8.17. The molecule has 0 atom stereocenters. The summed E-state index contributed by atoms with van der Waals surface area (Å²) in [5.74, 6) is 0.497. The van der Waals surface area contributed by atoms with E-state index in [4.69, 9.17) is 9.84 Å². The SMILES string of the molecule is CC.CC.CC(C)(CC(C)(C)n1cc(C(=O)O)nn1)c1cccc(Oc2ccccc2)c1. The van der Waals surface area contributed by atoms with Crippen molar-refractivity contribution in [3.63, 3.8) is 0 Å². The highest BCUT2D eigenvalue weighted by atomic mass is 16.5. The maximum absolute atomic E-state index is 11.1. The Kier molecular flexibility index (Phi) is 10.1. The summed E-state index contributed by atoms with van der Waals surface area (Å²) in [6.07, 6.45) is 2.21. The van der Waals surface area contributed by atoms with Crippen LogP contribution in [0.4, 0.5) is 0 Å². The van der Waals surface area contributed by atoms with E-state index in [0.29, 0.717) is 0 Å². The zero-order valence-electron chi connectivity index (χ0n) is 20.6. The molecule has 3 rings (SSSR count). The normalized spacial score (nSPS) is 10.9. The van der Waals surface area contributed by atoms with Crippen LogP contribution in [0.1, 0.15) is 77.9 Å². The van der Waals surface area contributed by atoms with Crippen molar-refractivity contribution in [1.29, 1.82) is 0 Å². The maximum Gasteiger partial charge on any atom is 0.358 e. The van der Waals surface area contributed by atoms with E-state index in [-0.39, 0.29) is 11.1 Å². The quantitative estimate of drug-likeness (QED) is 0.432. The van der Waals surface area contributed by atoms with Crippen LogP contribution in [-0.2, 0) is 11.0 Å². The van der Waals surface area contributed by atoms with Gasteiger partial charge in [-0.15, -0.1) is 5.10 Å². The van der Waals surface area contributed by atoms with Crippen molar-refractivity contribution in [2.24, 2.45) is 0 Å². The lowest BCUT2D eigenvalue weighted by Gasteiger charge is -2.35. The average molecular weight is 440 g/mol. The molecule has 0 aliphatic rings. The molecule has 3 aromatic rings. The molecule has 1 aromatic heterocycles. The first-order chi connectivity index (χ1) is 15.2. The lowest BCUT2D eigenvalue weighted by molar-refractivity contribution is 0.0690. The van der Waals surface area contributed by atoms with Gasteiger partial charge in [-0.1, -0.05) is 77.1 Å². The number of rotatable bonds is 7. The van der Waals surface area contributed by atoms with Crippen molar-refractivity contribution in [3.05, 3.63) is 72.1 Å². The van der Waals surface area contributed by atoms with E-state index in [1.807, 2.05) is 90.1 Å². The molecule has 0 saturated heterocycles. The van der Waals surface area contributed by atoms with Crippen LogP contribution >= 0.6 is 0 Å². The van der Waals surface area contributed by atoms with E-state index in [2.05, 4.69) is 30.2 Å². The van der Waals surface area contributed by atoms with Crippen molar-refractivity contribution in [2.75, 3.05) is 0 Å². The summed E-state index contributed by atoms with van der Waals surface area (Å²) < 4.78 is 7.59. The van der Waals surface area contributed by atoms with E-state index >= 15 is 0 Å². The van der Waals surface area contributed by atoms with Gasteiger partial charge in [0.1, 0.15) is 11.5 Å². The first-order valence-corrected chi connectivity index (χ1v) is 11.2. The predicted octanol–water partition coefficient (Wildman–Crippen LogP) is 6.92. The van der Waals surface area contributed by atoms with Crippen LogP contribution < -0.4 is 4.74 Å².